The highest BCUT2D eigenvalue weighted by Gasteiger charge is 2.30. The Kier molecular flexibility index (Phi) is 7.24. The third kappa shape index (κ3) is 6.54. The van der Waals surface area contributed by atoms with E-state index in [0.717, 1.165) is 17.7 Å². The number of aromatic nitrogens is 1. The van der Waals surface area contributed by atoms with E-state index in [9.17, 15) is 18.0 Å². The third-order valence-electron chi connectivity index (χ3n) is 3.95. The van der Waals surface area contributed by atoms with Crippen molar-refractivity contribution in [1.29, 1.82) is 0 Å². The van der Waals surface area contributed by atoms with E-state index in [-0.39, 0.29) is 18.0 Å². The lowest BCUT2D eigenvalue weighted by molar-refractivity contribution is -0.137. The minimum Gasteiger partial charge on any atom is -0.493 e. The number of nitrogens with one attached hydrogen (secondary N) is 2. The van der Waals surface area contributed by atoms with Gasteiger partial charge in [-0.2, -0.15) is 18.3 Å². The van der Waals surface area contributed by atoms with Crippen LogP contribution in [-0.4, -0.2) is 23.7 Å². The summed E-state index contributed by atoms with van der Waals surface area (Å²) in [6, 6.07) is 12.1. The maximum Gasteiger partial charge on any atom is 0.416 e. The first-order valence-electron chi connectivity index (χ1n) is 9.27. The van der Waals surface area contributed by atoms with Crippen LogP contribution in [0.4, 0.5) is 24.0 Å². The molecule has 3 rings (SSSR count). The van der Waals surface area contributed by atoms with Crippen LogP contribution >= 0.6 is 11.3 Å². The van der Waals surface area contributed by atoms with E-state index in [4.69, 9.17) is 4.74 Å². The molecule has 2 aromatic carbocycles. The first-order valence-corrected chi connectivity index (χ1v) is 10.2. The summed E-state index contributed by atoms with van der Waals surface area (Å²) in [5.41, 5.74) is 3.14. The molecule has 0 atom stereocenters. The van der Waals surface area contributed by atoms with Gasteiger partial charge in [0.15, 0.2) is 5.13 Å². The maximum absolute atomic E-state index is 12.8. The fourth-order valence-corrected chi connectivity index (χ4v) is 3.32. The molecule has 3 aromatic rings. The van der Waals surface area contributed by atoms with Crippen LogP contribution in [0, 0.1) is 0 Å². The number of para-hydroxylation sites is 1. The highest BCUT2D eigenvalue weighted by Crippen LogP contribution is 2.31. The van der Waals surface area contributed by atoms with Crippen molar-refractivity contribution < 1.29 is 22.7 Å². The summed E-state index contributed by atoms with van der Waals surface area (Å²) in [7, 11) is 0. The molecule has 0 unspecified atom stereocenters. The lowest BCUT2D eigenvalue weighted by Gasteiger charge is -2.08. The number of nitrogens with zero attached hydrogens (tertiary/aromatic N) is 2. The number of ether oxygens (including phenoxy) is 1. The number of benzene rings is 2. The number of carbonyl (C=O) groups is 1. The molecular formula is C21H19F3N4O2S. The standard InChI is InChI=1S/C21H19F3N4O2S/c1-2-30-18-9-4-3-6-14(18)12-25-28-19(29)11-17-13-31-20(27-17)26-16-8-5-7-15(10-16)21(22,23)24/h3-10,12-13H,2,11H2,1H3,(H,26,27)(H,28,29)/b25-12-. The second kappa shape index (κ2) is 10.1. The van der Waals surface area contributed by atoms with Crippen LogP contribution in [0.3, 0.4) is 0 Å². The van der Waals surface area contributed by atoms with Crippen LogP contribution in [-0.2, 0) is 17.4 Å². The van der Waals surface area contributed by atoms with Crippen molar-refractivity contribution >= 4 is 34.3 Å². The monoisotopic (exact) mass is 448 g/mol. The van der Waals surface area contributed by atoms with Gasteiger partial charge in [-0.1, -0.05) is 18.2 Å². The molecule has 6 nitrogen and oxygen atoms in total. The number of alkyl halides is 3. The van der Waals surface area contributed by atoms with E-state index in [1.807, 2.05) is 25.1 Å². The van der Waals surface area contributed by atoms with E-state index in [2.05, 4.69) is 20.8 Å². The normalized spacial score (nSPS) is 11.5. The predicted octanol–water partition coefficient (Wildman–Crippen LogP) is 5.00. The van der Waals surface area contributed by atoms with Gasteiger partial charge in [-0.3, -0.25) is 4.79 Å². The smallest absolute Gasteiger partial charge is 0.416 e. The summed E-state index contributed by atoms with van der Waals surface area (Å²) in [5, 5.41) is 8.80. The Bertz CT molecular complexity index is 1070. The summed E-state index contributed by atoms with van der Waals surface area (Å²) in [6.07, 6.45) is -2.96. The highest BCUT2D eigenvalue weighted by molar-refractivity contribution is 7.13. The summed E-state index contributed by atoms with van der Waals surface area (Å²) in [5.74, 6) is 0.286. The van der Waals surface area contributed by atoms with Gasteiger partial charge in [-0.15, -0.1) is 11.3 Å². The predicted molar refractivity (Wildman–Crippen MR) is 114 cm³/mol. The van der Waals surface area contributed by atoms with Crippen LogP contribution in [0.25, 0.3) is 0 Å². The lowest BCUT2D eigenvalue weighted by Crippen LogP contribution is -2.20. The van der Waals surface area contributed by atoms with Crippen LogP contribution in [0.15, 0.2) is 59.0 Å². The summed E-state index contributed by atoms with van der Waals surface area (Å²) in [6.45, 7) is 2.39. The molecule has 0 aliphatic rings. The van der Waals surface area contributed by atoms with Crippen molar-refractivity contribution in [2.75, 3.05) is 11.9 Å². The van der Waals surface area contributed by atoms with Gasteiger partial charge in [-0.05, 0) is 37.3 Å². The molecule has 0 aliphatic heterocycles. The molecule has 0 bridgehead atoms. The zero-order valence-electron chi connectivity index (χ0n) is 16.4. The fourth-order valence-electron chi connectivity index (χ4n) is 2.59. The molecule has 1 aromatic heterocycles. The highest BCUT2D eigenvalue weighted by atomic mass is 32.1. The summed E-state index contributed by atoms with van der Waals surface area (Å²) < 4.78 is 43.9. The molecule has 31 heavy (non-hydrogen) atoms. The molecule has 1 heterocycles. The van der Waals surface area contributed by atoms with Crippen LogP contribution in [0.1, 0.15) is 23.7 Å². The molecule has 0 fully saturated rings. The first-order chi connectivity index (χ1) is 14.8. The largest absolute Gasteiger partial charge is 0.493 e. The zero-order valence-corrected chi connectivity index (χ0v) is 17.3. The first kappa shape index (κ1) is 22.3. The number of hydrazone groups is 1. The topological polar surface area (TPSA) is 75.6 Å². The van der Waals surface area contributed by atoms with E-state index in [1.165, 1.54) is 29.7 Å². The Balaban J connectivity index is 1.56. The van der Waals surface area contributed by atoms with Crippen molar-refractivity contribution in [3.8, 4) is 5.75 Å². The van der Waals surface area contributed by atoms with Gasteiger partial charge in [0.1, 0.15) is 5.75 Å². The van der Waals surface area contributed by atoms with Crippen LogP contribution in [0.5, 0.6) is 5.75 Å². The molecule has 0 aliphatic carbocycles. The Morgan fingerprint density at radius 1 is 1.23 bits per heavy atom. The minimum absolute atomic E-state index is 0.0226. The number of halogens is 3. The number of amides is 1. The molecule has 10 heteroatoms. The van der Waals surface area contributed by atoms with Gasteiger partial charge < -0.3 is 10.1 Å². The number of anilines is 2. The van der Waals surface area contributed by atoms with Gasteiger partial charge in [0.05, 0.1) is 30.5 Å². The van der Waals surface area contributed by atoms with Gasteiger partial charge in [0.2, 0.25) is 5.91 Å². The van der Waals surface area contributed by atoms with E-state index >= 15 is 0 Å². The molecule has 0 saturated carbocycles. The van der Waals surface area contributed by atoms with Crippen molar-refractivity contribution in [2.24, 2.45) is 5.10 Å². The SMILES string of the molecule is CCOc1ccccc1/C=N\NC(=O)Cc1csc(Nc2cccc(C(F)(F)F)c2)n1. The second-order valence-corrected chi connectivity index (χ2v) is 7.15. The molecule has 2 N–H and O–H groups in total. The Hall–Kier alpha value is -3.40. The number of rotatable bonds is 8. The Morgan fingerprint density at radius 2 is 2.03 bits per heavy atom. The molecular weight excluding hydrogens is 429 g/mol. The number of thiazole rings is 1. The Labute approximate surface area is 180 Å². The minimum atomic E-state index is -4.42. The quantitative estimate of drug-likeness (QED) is 0.376. The molecule has 0 radical (unpaired) electrons. The molecule has 0 saturated heterocycles. The number of hydrogen-bond donors (Lipinski definition) is 2. The molecule has 162 valence electrons. The van der Waals surface area contributed by atoms with Crippen molar-refractivity contribution in [1.82, 2.24) is 10.4 Å². The lowest BCUT2D eigenvalue weighted by atomic mass is 10.2. The summed E-state index contributed by atoms with van der Waals surface area (Å²) in [4.78, 5) is 16.3. The van der Waals surface area contributed by atoms with Crippen LogP contribution < -0.4 is 15.5 Å². The van der Waals surface area contributed by atoms with Crippen LogP contribution in [0.2, 0.25) is 0 Å². The molecule has 1 amide bonds. The van der Waals surface area contributed by atoms with Gasteiger partial charge in [0.25, 0.3) is 0 Å². The van der Waals surface area contributed by atoms with Crippen molar-refractivity contribution in [3.63, 3.8) is 0 Å². The van der Waals surface area contributed by atoms with Crippen molar-refractivity contribution in [3.05, 3.63) is 70.7 Å². The van der Waals surface area contributed by atoms with Gasteiger partial charge in [0, 0.05) is 16.6 Å². The van der Waals surface area contributed by atoms with Gasteiger partial charge >= 0.3 is 6.18 Å². The van der Waals surface area contributed by atoms with E-state index in [1.54, 1.807) is 11.4 Å². The maximum atomic E-state index is 12.8. The summed E-state index contributed by atoms with van der Waals surface area (Å²) >= 11 is 1.19. The van der Waals surface area contributed by atoms with E-state index in [0.29, 0.717) is 23.2 Å². The molecule has 0 spiro atoms. The fraction of sp³-hybridized carbons (Fsp3) is 0.190. The Morgan fingerprint density at radius 3 is 2.81 bits per heavy atom. The zero-order chi connectivity index (χ0) is 22.3. The van der Waals surface area contributed by atoms with Crippen molar-refractivity contribution in [2.45, 2.75) is 19.5 Å². The van der Waals surface area contributed by atoms with E-state index < -0.39 is 11.7 Å². The average molecular weight is 448 g/mol. The average Bonchev–Trinajstić information content (AvgIpc) is 3.15. The second-order valence-electron chi connectivity index (χ2n) is 6.29. The number of carbonyl (C=O) groups excluding carboxylic acids is 1. The van der Waals surface area contributed by atoms with Gasteiger partial charge in [-0.25, -0.2) is 10.4 Å². The number of hydrogen-bond acceptors (Lipinski definition) is 6. The third-order valence-corrected chi connectivity index (χ3v) is 4.75.